The van der Waals surface area contributed by atoms with Gasteiger partial charge in [0.1, 0.15) is 0 Å². The molecule has 15 heavy (non-hydrogen) atoms. The number of aromatic nitrogens is 1. The number of hydrogen-bond acceptors (Lipinski definition) is 2. The summed E-state index contributed by atoms with van der Waals surface area (Å²) >= 11 is 0. The predicted molar refractivity (Wildman–Crippen MR) is 63.5 cm³/mol. The van der Waals surface area contributed by atoms with Gasteiger partial charge in [0.15, 0.2) is 0 Å². The van der Waals surface area contributed by atoms with Gasteiger partial charge in [0.2, 0.25) is 0 Å². The van der Waals surface area contributed by atoms with Crippen LogP contribution in [-0.4, -0.2) is 17.6 Å². The molecule has 1 saturated carbocycles. The highest BCUT2D eigenvalue weighted by Gasteiger charge is 2.19. The van der Waals surface area contributed by atoms with Crippen LogP contribution in [0, 0.1) is 0 Å². The lowest BCUT2D eigenvalue weighted by atomic mass is 10.1. The molecule has 0 bridgehead atoms. The average Bonchev–Trinajstić information content (AvgIpc) is 3.09. The molecule has 1 aromatic heterocycles. The fraction of sp³-hybridized carbons (Fsp3) is 0.462. The van der Waals surface area contributed by atoms with Gasteiger partial charge < -0.3 is 5.32 Å². The highest BCUT2D eigenvalue weighted by atomic mass is 14.9. The van der Waals surface area contributed by atoms with E-state index in [1.54, 1.807) is 0 Å². The fourth-order valence-electron chi connectivity index (χ4n) is 1.51. The smallest absolute Gasteiger partial charge is 0.0629 e. The highest BCUT2D eigenvalue weighted by molar-refractivity contribution is 5.48. The number of nitrogens with zero attached hydrogens (tertiary/aromatic N) is 1. The molecule has 1 fully saturated rings. The van der Waals surface area contributed by atoms with Crippen molar-refractivity contribution >= 4 is 6.08 Å². The van der Waals surface area contributed by atoms with E-state index < -0.39 is 0 Å². The highest BCUT2D eigenvalue weighted by Crippen LogP contribution is 2.19. The maximum absolute atomic E-state index is 4.31. The van der Waals surface area contributed by atoms with Gasteiger partial charge in [0.25, 0.3) is 0 Å². The second-order valence-electron chi connectivity index (χ2n) is 4.07. The molecule has 1 aromatic rings. The van der Waals surface area contributed by atoms with Crippen LogP contribution in [0.3, 0.4) is 0 Å². The lowest BCUT2D eigenvalue weighted by molar-refractivity contribution is 0.722. The van der Waals surface area contributed by atoms with Gasteiger partial charge in [-0.05, 0) is 37.5 Å². The molecule has 0 atom stereocenters. The van der Waals surface area contributed by atoms with Crippen molar-refractivity contribution in [2.75, 3.05) is 6.54 Å². The molecule has 2 nitrogen and oxygen atoms in total. The summed E-state index contributed by atoms with van der Waals surface area (Å²) in [6.45, 7) is 3.21. The molecular formula is C13H18N2. The van der Waals surface area contributed by atoms with Gasteiger partial charge in [-0.1, -0.05) is 18.6 Å². The van der Waals surface area contributed by atoms with E-state index in [4.69, 9.17) is 0 Å². The second kappa shape index (κ2) is 5.08. The summed E-state index contributed by atoms with van der Waals surface area (Å²) in [6, 6.07) is 6.81. The first-order valence-electron chi connectivity index (χ1n) is 5.72. The third-order valence-electron chi connectivity index (χ3n) is 2.69. The maximum atomic E-state index is 4.31. The zero-order chi connectivity index (χ0) is 10.5. The quantitative estimate of drug-likeness (QED) is 0.794. The summed E-state index contributed by atoms with van der Waals surface area (Å²) < 4.78 is 0. The van der Waals surface area contributed by atoms with Gasteiger partial charge in [-0.25, -0.2) is 0 Å². The van der Waals surface area contributed by atoms with Gasteiger partial charge in [-0.3, -0.25) is 4.98 Å². The average molecular weight is 202 g/mol. The first kappa shape index (κ1) is 10.4. The minimum absolute atomic E-state index is 0.781. The van der Waals surface area contributed by atoms with Crippen molar-refractivity contribution in [3.8, 4) is 0 Å². The largest absolute Gasteiger partial charge is 0.310 e. The molecular weight excluding hydrogens is 184 g/mol. The lowest BCUT2D eigenvalue weighted by Gasteiger charge is -2.05. The Morgan fingerprint density at radius 1 is 1.53 bits per heavy atom. The van der Waals surface area contributed by atoms with E-state index in [0.29, 0.717) is 0 Å². The number of hydrogen-bond donors (Lipinski definition) is 1. The Balaban J connectivity index is 1.94. The second-order valence-corrected chi connectivity index (χ2v) is 4.07. The molecule has 1 N–H and O–H groups in total. The van der Waals surface area contributed by atoms with Crippen molar-refractivity contribution in [3.63, 3.8) is 0 Å². The Kier molecular flexibility index (Phi) is 3.51. The lowest BCUT2D eigenvalue weighted by Crippen LogP contribution is -2.18. The van der Waals surface area contributed by atoms with E-state index >= 15 is 0 Å². The zero-order valence-electron chi connectivity index (χ0n) is 9.24. The monoisotopic (exact) mass is 202 g/mol. The minimum Gasteiger partial charge on any atom is -0.310 e. The van der Waals surface area contributed by atoms with Crippen LogP contribution in [0.5, 0.6) is 0 Å². The molecule has 0 radical (unpaired) electrons. The van der Waals surface area contributed by atoms with Crippen LogP contribution in [-0.2, 0) is 0 Å². The third-order valence-corrected chi connectivity index (χ3v) is 2.69. The SMILES string of the molecule is CCC(=Cc1ccccn1)CNC1CC1. The number of rotatable bonds is 5. The van der Waals surface area contributed by atoms with E-state index in [0.717, 1.165) is 24.7 Å². The summed E-state index contributed by atoms with van der Waals surface area (Å²) in [5, 5.41) is 3.53. The Hall–Kier alpha value is -1.15. The van der Waals surface area contributed by atoms with Crippen LogP contribution in [0.25, 0.3) is 6.08 Å². The molecule has 0 amide bonds. The molecule has 0 saturated heterocycles. The van der Waals surface area contributed by atoms with Crippen LogP contribution < -0.4 is 5.32 Å². The minimum atomic E-state index is 0.781. The number of nitrogens with one attached hydrogen (secondary N) is 1. The van der Waals surface area contributed by atoms with Crippen molar-refractivity contribution in [1.82, 2.24) is 10.3 Å². The molecule has 0 aromatic carbocycles. The van der Waals surface area contributed by atoms with E-state index in [2.05, 4.69) is 23.3 Å². The van der Waals surface area contributed by atoms with Crippen LogP contribution >= 0.6 is 0 Å². The first-order chi connectivity index (χ1) is 7.38. The summed E-state index contributed by atoms with van der Waals surface area (Å²) in [5.74, 6) is 0. The molecule has 2 rings (SSSR count). The summed E-state index contributed by atoms with van der Waals surface area (Å²) in [6.07, 6.45) is 7.82. The first-order valence-corrected chi connectivity index (χ1v) is 5.72. The molecule has 1 heterocycles. The third kappa shape index (κ3) is 3.48. The Labute approximate surface area is 91.4 Å². The van der Waals surface area contributed by atoms with E-state index in [1.807, 2.05) is 24.4 Å². The van der Waals surface area contributed by atoms with Gasteiger partial charge >= 0.3 is 0 Å². The standard InChI is InChI=1S/C13H18N2/c1-2-11(10-15-12-6-7-12)9-13-5-3-4-8-14-13/h3-5,8-9,12,15H,2,6-7,10H2,1H3. The molecule has 80 valence electrons. The van der Waals surface area contributed by atoms with E-state index in [-0.39, 0.29) is 0 Å². The Morgan fingerprint density at radius 3 is 3.00 bits per heavy atom. The van der Waals surface area contributed by atoms with E-state index in [9.17, 15) is 0 Å². The van der Waals surface area contributed by atoms with Crippen molar-refractivity contribution in [1.29, 1.82) is 0 Å². The van der Waals surface area contributed by atoms with Gasteiger partial charge in [-0.2, -0.15) is 0 Å². The number of pyridine rings is 1. The van der Waals surface area contributed by atoms with Crippen LogP contribution in [0.2, 0.25) is 0 Å². The van der Waals surface area contributed by atoms with Gasteiger partial charge in [0.05, 0.1) is 5.69 Å². The fourth-order valence-corrected chi connectivity index (χ4v) is 1.51. The Bertz CT molecular complexity index is 326. The Morgan fingerprint density at radius 2 is 2.40 bits per heavy atom. The van der Waals surface area contributed by atoms with Crippen LogP contribution in [0.4, 0.5) is 0 Å². The summed E-state index contributed by atoms with van der Waals surface area (Å²) in [4.78, 5) is 4.31. The van der Waals surface area contributed by atoms with Crippen molar-refractivity contribution in [3.05, 3.63) is 35.7 Å². The maximum Gasteiger partial charge on any atom is 0.0629 e. The van der Waals surface area contributed by atoms with Gasteiger partial charge in [-0.15, -0.1) is 0 Å². The predicted octanol–water partition coefficient (Wildman–Crippen LogP) is 2.63. The molecule has 1 aliphatic carbocycles. The van der Waals surface area contributed by atoms with Crippen molar-refractivity contribution in [2.24, 2.45) is 0 Å². The zero-order valence-corrected chi connectivity index (χ0v) is 9.24. The van der Waals surface area contributed by atoms with E-state index in [1.165, 1.54) is 18.4 Å². The van der Waals surface area contributed by atoms with Gasteiger partial charge in [0, 0.05) is 18.8 Å². The summed E-state index contributed by atoms with van der Waals surface area (Å²) in [7, 11) is 0. The topological polar surface area (TPSA) is 24.9 Å². The van der Waals surface area contributed by atoms with Crippen LogP contribution in [0.1, 0.15) is 31.9 Å². The molecule has 2 heteroatoms. The molecule has 0 unspecified atom stereocenters. The van der Waals surface area contributed by atoms with Crippen molar-refractivity contribution in [2.45, 2.75) is 32.2 Å². The van der Waals surface area contributed by atoms with Crippen molar-refractivity contribution < 1.29 is 0 Å². The summed E-state index contributed by atoms with van der Waals surface area (Å²) in [5.41, 5.74) is 2.49. The molecule has 0 spiro atoms. The van der Waals surface area contributed by atoms with Crippen LogP contribution in [0.15, 0.2) is 30.0 Å². The normalized spacial score (nSPS) is 16.7. The molecule has 0 aliphatic heterocycles. The molecule has 1 aliphatic rings.